The Morgan fingerprint density at radius 1 is 1.04 bits per heavy atom. The molecule has 1 aliphatic heterocycles. The summed E-state index contributed by atoms with van der Waals surface area (Å²) in [6.45, 7) is 1.48. The summed E-state index contributed by atoms with van der Waals surface area (Å²) in [6.07, 6.45) is 3.54. The number of fused-ring (bicyclic) bond motifs is 2. The molecule has 24 heavy (non-hydrogen) atoms. The zero-order chi connectivity index (χ0) is 16.5. The first-order valence-corrected chi connectivity index (χ1v) is 8.79. The second-order valence-electron chi connectivity index (χ2n) is 6.34. The third-order valence-corrected chi connectivity index (χ3v) is 5.03. The molecule has 0 spiro atoms. The van der Waals surface area contributed by atoms with Crippen LogP contribution >= 0.6 is 11.6 Å². The molecule has 1 aliphatic carbocycles. The number of benzene rings is 2. The summed E-state index contributed by atoms with van der Waals surface area (Å²) in [4.78, 5) is 13.0. The van der Waals surface area contributed by atoms with E-state index in [2.05, 4.69) is 0 Å². The van der Waals surface area contributed by atoms with Crippen molar-refractivity contribution in [3.63, 3.8) is 0 Å². The van der Waals surface area contributed by atoms with Gasteiger partial charge in [0.2, 0.25) is 0 Å². The van der Waals surface area contributed by atoms with Crippen LogP contribution in [0.5, 0.6) is 5.75 Å². The first-order chi connectivity index (χ1) is 11.7. The second kappa shape index (κ2) is 6.58. The maximum Gasteiger partial charge on any atom is 0.193 e. The third kappa shape index (κ3) is 2.94. The highest BCUT2D eigenvalue weighted by Gasteiger charge is 2.25. The van der Waals surface area contributed by atoms with Crippen LogP contribution in [0.15, 0.2) is 36.4 Å². The van der Waals surface area contributed by atoms with Gasteiger partial charge >= 0.3 is 0 Å². The van der Waals surface area contributed by atoms with Crippen molar-refractivity contribution in [2.24, 2.45) is 0 Å². The van der Waals surface area contributed by atoms with E-state index in [1.807, 2.05) is 30.3 Å². The van der Waals surface area contributed by atoms with E-state index in [1.165, 1.54) is 0 Å². The van der Waals surface area contributed by atoms with Crippen LogP contribution in [0, 0.1) is 0 Å². The molecule has 1 fully saturated rings. The number of hydrogen-bond acceptors (Lipinski definition) is 3. The van der Waals surface area contributed by atoms with E-state index in [1.54, 1.807) is 6.07 Å². The summed E-state index contributed by atoms with van der Waals surface area (Å²) >= 11 is 6.10. The van der Waals surface area contributed by atoms with Gasteiger partial charge < -0.3 is 9.47 Å². The molecule has 4 heteroatoms. The summed E-state index contributed by atoms with van der Waals surface area (Å²) in [5.74, 6) is 0.901. The maximum absolute atomic E-state index is 13.0. The van der Waals surface area contributed by atoms with Gasteiger partial charge in [0.25, 0.3) is 0 Å². The van der Waals surface area contributed by atoms with Gasteiger partial charge in [-0.25, -0.2) is 0 Å². The van der Waals surface area contributed by atoms with Crippen molar-refractivity contribution >= 4 is 17.4 Å². The summed E-state index contributed by atoms with van der Waals surface area (Å²) in [5.41, 5.74) is 3.53. The minimum absolute atomic E-state index is 0.0617. The van der Waals surface area contributed by atoms with Gasteiger partial charge in [0.15, 0.2) is 5.78 Å². The summed E-state index contributed by atoms with van der Waals surface area (Å²) in [5, 5.41) is 0.672. The van der Waals surface area contributed by atoms with Crippen molar-refractivity contribution in [2.75, 3.05) is 13.2 Å². The molecule has 4 rings (SSSR count). The summed E-state index contributed by atoms with van der Waals surface area (Å²) in [6, 6.07) is 11.3. The Kier molecular flexibility index (Phi) is 4.30. The lowest BCUT2D eigenvalue weighted by Gasteiger charge is -2.25. The molecule has 0 aromatic heterocycles. The van der Waals surface area contributed by atoms with Gasteiger partial charge in [-0.05, 0) is 42.7 Å². The summed E-state index contributed by atoms with van der Waals surface area (Å²) < 4.78 is 11.6. The normalized spacial score (nSPS) is 17.8. The van der Waals surface area contributed by atoms with Crippen molar-refractivity contribution in [1.82, 2.24) is 0 Å². The van der Waals surface area contributed by atoms with Crippen LogP contribution in [-0.2, 0) is 17.6 Å². The standard InChI is InChI=1S/C20H19ClO3/c21-14-5-7-16-13(12-14)4-6-17-18(20(16)22)2-1-3-19(17)24-15-8-10-23-11-9-15/h1-3,5,7,12,15H,4,6,8-11H2. The predicted molar refractivity (Wildman–Crippen MR) is 93.2 cm³/mol. The Morgan fingerprint density at radius 3 is 2.71 bits per heavy atom. The van der Waals surface area contributed by atoms with E-state index in [-0.39, 0.29) is 11.9 Å². The molecule has 0 saturated carbocycles. The summed E-state index contributed by atoms with van der Waals surface area (Å²) in [7, 11) is 0. The van der Waals surface area contributed by atoms with Crippen LogP contribution in [-0.4, -0.2) is 25.1 Å². The lowest BCUT2D eigenvalue weighted by Crippen LogP contribution is -2.26. The molecule has 1 heterocycles. The van der Waals surface area contributed by atoms with Gasteiger partial charge in [0, 0.05) is 34.6 Å². The highest BCUT2D eigenvalue weighted by atomic mass is 35.5. The predicted octanol–water partition coefficient (Wildman–Crippen LogP) is 4.23. The van der Waals surface area contributed by atoms with E-state index >= 15 is 0 Å². The molecular formula is C20H19ClO3. The van der Waals surface area contributed by atoms with Gasteiger partial charge in [-0.3, -0.25) is 4.79 Å². The topological polar surface area (TPSA) is 35.5 Å². The molecule has 0 unspecified atom stereocenters. The Morgan fingerprint density at radius 2 is 1.88 bits per heavy atom. The number of carbonyl (C=O) groups excluding carboxylic acids is 1. The zero-order valence-corrected chi connectivity index (χ0v) is 14.1. The number of aryl methyl sites for hydroxylation is 1. The third-order valence-electron chi connectivity index (χ3n) is 4.80. The van der Waals surface area contributed by atoms with Gasteiger partial charge in [-0.15, -0.1) is 0 Å². The Hall–Kier alpha value is -1.84. The van der Waals surface area contributed by atoms with Gasteiger partial charge in [-0.1, -0.05) is 23.7 Å². The van der Waals surface area contributed by atoms with Gasteiger partial charge in [-0.2, -0.15) is 0 Å². The molecule has 2 aromatic carbocycles. The number of hydrogen-bond donors (Lipinski definition) is 0. The zero-order valence-electron chi connectivity index (χ0n) is 13.4. The molecule has 0 atom stereocenters. The Labute approximate surface area is 146 Å². The molecule has 0 amide bonds. The van der Waals surface area contributed by atoms with Crippen molar-refractivity contribution in [2.45, 2.75) is 31.8 Å². The molecule has 0 radical (unpaired) electrons. The van der Waals surface area contributed by atoms with E-state index < -0.39 is 0 Å². The van der Waals surface area contributed by atoms with Crippen LogP contribution in [0.4, 0.5) is 0 Å². The van der Waals surface area contributed by atoms with E-state index in [0.29, 0.717) is 5.02 Å². The van der Waals surface area contributed by atoms with Crippen molar-refractivity contribution in [3.05, 3.63) is 63.7 Å². The molecule has 0 bridgehead atoms. The average Bonchev–Trinajstić information content (AvgIpc) is 2.74. The van der Waals surface area contributed by atoms with Crippen LogP contribution < -0.4 is 4.74 Å². The minimum atomic E-state index is 0.0617. The molecule has 1 saturated heterocycles. The first kappa shape index (κ1) is 15.7. The highest BCUT2D eigenvalue weighted by molar-refractivity contribution is 6.30. The lowest BCUT2D eigenvalue weighted by atomic mass is 9.98. The molecule has 0 N–H and O–H groups in total. The van der Waals surface area contributed by atoms with E-state index in [9.17, 15) is 4.79 Å². The first-order valence-electron chi connectivity index (χ1n) is 8.42. The lowest BCUT2D eigenvalue weighted by molar-refractivity contribution is 0.0251. The smallest absolute Gasteiger partial charge is 0.193 e. The highest BCUT2D eigenvalue weighted by Crippen LogP contribution is 2.33. The number of ether oxygens (including phenoxy) is 2. The molecule has 2 aromatic rings. The van der Waals surface area contributed by atoms with Gasteiger partial charge in [0.1, 0.15) is 11.9 Å². The number of carbonyl (C=O) groups is 1. The maximum atomic E-state index is 13.0. The van der Waals surface area contributed by atoms with E-state index in [0.717, 1.165) is 66.9 Å². The quantitative estimate of drug-likeness (QED) is 0.819. The fourth-order valence-corrected chi connectivity index (χ4v) is 3.71. The van der Waals surface area contributed by atoms with Crippen LogP contribution in [0.25, 0.3) is 0 Å². The molecule has 124 valence electrons. The Bertz CT molecular complexity index is 778. The number of halogens is 1. The minimum Gasteiger partial charge on any atom is -0.490 e. The van der Waals surface area contributed by atoms with Gasteiger partial charge in [0.05, 0.1) is 13.2 Å². The van der Waals surface area contributed by atoms with Crippen molar-refractivity contribution in [1.29, 1.82) is 0 Å². The average molecular weight is 343 g/mol. The van der Waals surface area contributed by atoms with Crippen LogP contribution in [0.2, 0.25) is 5.02 Å². The van der Waals surface area contributed by atoms with Crippen LogP contribution in [0.1, 0.15) is 39.9 Å². The SMILES string of the molecule is O=C1c2ccc(Cl)cc2CCc2c(OC3CCOCC3)cccc21. The second-order valence-corrected chi connectivity index (χ2v) is 6.78. The number of rotatable bonds is 2. The fourth-order valence-electron chi connectivity index (χ4n) is 3.52. The molecule has 3 nitrogen and oxygen atoms in total. The molecule has 2 aliphatic rings. The Balaban J connectivity index is 1.69. The number of ketones is 1. The van der Waals surface area contributed by atoms with E-state index in [4.69, 9.17) is 21.1 Å². The van der Waals surface area contributed by atoms with Crippen molar-refractivity contribution < 1.29 is 14.3 Å². The largest absolute Gasteiger partial charge is 0.490 e. The monoisotopic (exact) mass is 342 g/mol. The molecular weight excluding hydrogens is 324 g/mol. The fraction of sp³-hybridized carbons (Fsp3) is 0.350. The van der Waals surface area contributed by atoms with Crippen molar-refractivity contribution in [3.8, 4) is 5.75 Å². The van der Waals surface area contributed by atoms with Crippen LogP contribution in [0.3, 0.4) is 0 Å².